The molecule has 0 heterocycles. The van der Waals surface area contributed by atoms with E-state index in [-0.39, 0.29) is 0 Å². The highest BCUT2D eigenvalue weighted by atomic mass is 35.6. The molecule has 0 saturated heterocycles. The summed E-state index contributed by atoms with van der Waals surface area (Å²) < 4.78 is 5.64. The Balaban J connectivity index is 4.05. The number of carbonyl (C=O) groups is 2. The largest absolute Gasteiger partial charge is 0.461 e. The number of nitrogens with two attached hydrogens (primary N) is 1. The summed E-state index contributed by atoms with van der Waals surface area (Å²) in [4.78, 5) is 22.6. The lowest BCUT2D eigenvalue weighted by Gasteiger charge is -2.15. The van der Waals surface area contributed by atoms with E-state index in [0.717, 1.165) is 0 Å². The van der Waals surface area contributed by atoms with Gasteiger partial charge >= 0.3 is 11.9 Å². The number of ether oxygens (including phenoxy) is 2. The van der Waals surface area contributed by atoms with Gasteiger partial charge in [-0.25, -0.2) is 0 Å². The standard InChI is InChI=1S/C8H9Cl6NO4/c9-7(10,11)2-18-5(16)1-4(15)6(17)19-3-8(12,13)14/h4H,1-3,15H2/t4-/m0/s1. The lowest BCUT2D eigenvalue weighted by molar-refractivity contribution is -0.151. The molecule has 0 aromatic carbocycles. The molecule has 0 spiro atoms. The second-order valence-corrected chi connectivity index (χ2v) is 8.34. The Morgan fingerprint density at radius 2 is 1.37 bits per heavy atom. The number of carbonyl (C=O) groups excluding carboxylic acids is 2. The van der Waals surface area contributed by atoms with E-state index in [0.29, 0.717) is 0 Å². The van der Waals surface area contributed by atoms with Crippen molar-refractivity contribution in [3.8, 4) is 0 Å². The van der Waals surface area contributed by atoms with Gasteiger partial charge in [0.1, 0.15) is 19.3 Å². The summed E-state index contributed by atoms with van der Waals surface area (Å²) in [7, 11) is 0. The van der Waals surface area contributed by atoms with Gasteiger partial charge in [0.15, 0.2) is 0 Å². The van der Waals surface area contributed by atoms with Crippen molar-refractivity contribution in [2.75, 3.05) is 13.2 Å². The fraction of sp³-hybridized carbons (Fsp3) is 0.750. The van der Waals surface area contributed by atoms with Crippen LogP contribution in [0, 0.1) is 0 Å². The van der Waals surface area contributed by atoms with Gasteiger partial charge in [0.25, 0.3) is 0 Å². The Kier molecular flexibility index (Phi) is 8.45. The van der Waals surface area contributed by atoms with E-state index in [1.165, 1.54) is 0 Å². The van der Waals surface area contributed by atoms with Crippen LogP contribution < -0.4 is 5.73 Å². The number of hydrogen-bond donors (Lipinski definition) is 1. The van der Waals surface area contributed by atoms with Crippen molar-refractivity contribution in [3.63, 3.8) is 0 Å². The van der Waals surface area contributed by atoms with Crippen LogP contribution in [0.1, 0.15) is 6.42 Å². The Labute approximate surface area is 139 Å². The molecule has 0 bridgehead atoms. The average molecular weight is 396 g/mol. The number of halogens is 6. The van der Waals surface area contributed by atoms with Crippen molar-refractivity contribution < 1.29 is 19.1 Å². The quantitative estimate of drug-likeness (QED) is 0.571. The zero-order valence-electron chi connectivity index (χ0n) is 9.18. The molecule has 5 nitrogen and oxygen atoms in total. The van der Waals surface area contributed by atoms with E-state index in [4.69, 9.17) is 75.3 Å². The Hall–Kier alpha value is 0.640. The molecule has 0 radical (unpaired) electrons. The molecule has 112 valence electrons. The van der Waals surface area contributed by atoms with E-state index in [2.05, 4.69) is 9.47 Å². The number of esters is 2. The molecule has 0 unspecified atom stereocenters. The van der Waals surface area contributed by atoms with Crippen LogP contribution >= 0.6 is 69.6 Å². The van der Waals surface area contributed by atoms with Crippen molar-refractivity contribution in [2.45, 2.75) is 20.0 Å². The molecule has 0 aromatic rings. The van der Waals surface area contributed by atoms with E-state index in [9.17, 15) is 9.59 Å². The first-order valence-corrected chi connectivity index (χ1v) is 6.89. The molecular formula is C8H9Cl6NO4. The second-order valence-electron chi connectivity index (χ2n) is 3.31. The maximum absolute atomic E-state index is 11.3. The minimum Gasteiger partial charge on any atom is -0.461 e. The summed E-state index contributed by atoms with van der Waals surface area (Å²) >= 11 is 32.2. The normalized spacial score (nSPS) is 13.8. The van der Waals surface area contributed by atoms with Gasteiger partial charge in [-0.05, 0) is 0 Å². The van der Waals surface area contributed by atoms with Crippen molar-refractivity contribution in [1.82, 2.24) is 0 Å². The third-order valence-corrected chi connectivity index (χ3v) is 2.12. The van der Waals surface area contributed by atoms with Crippen molar-refractivity contribution in [1.29, 1.82) is 0 Å². The van der Waals surface area contributed by atoms with Crippen LogP contribution in [-0.2, 0) is 19.1 Å². The van der Waals surface area contributed by atoms with Crippen LogP contribution in [0.2, 0.25) is 0 Å². The molecule has 1 atom stereocenters. The molecule has 0 aromatic heterocycles. The van der Waals surface area contributed by atoms with Crippen LogP contribution in [0.4, 0.5) is 0 Å². The van der Waals surface area contributed by atoms with E-state index < -0.39 is 45.2 Å². The van der Waals surface area contributed by atoms with Crippen LogP contribution in [0.15, 0.2) is 0 Å². The van der Waals surface area contributed by atoms with Gasteiger partial charge in [-0.15, -0.1) is 0 Å². The number of hydrogen-bond acceptors (Lipinski definition) is 5. The average Bonchev–Trinajstić information content (AvgIpc) is 2.21. The Bertz CT molecular complexity index is 326. The second kappa shape index (κ2) is 8.17. The summed E-state index contributed by atoms with van der Waals surface area (Å²) in [5, 5.41) is 0. The molecule has 11 heteroatoms. The molecule has 0 rings (SSSR count). The molecule has 2 N–H and O–H groups in total. The first-order valence-electron chi connectivity index (χ1n) is 4.62. The van der Waals surface area contributed by atoms with Gasteiger partial charge in [0, 0.05) is 0 Å². The van der Waals surface area contributed by atoms with E-state index >= 15 is 0 Å². The molecule has 0 fully saturated rings. The van der Waals surface area contributed by atoms with Crippen LogP contribution in [0.5, 0.6) is 0 Å². The summed E-state index contributed by atoms with van der Waals surface area (Å²) in [6, 6.07) is -1.27. The van der Waals surface area contributed by atoms with Gasteiger partial charge in [0.2, 0.25) is 7.59 Å². The zero-order chi connectivity index (χ0) is 15.3. The molecule has 0 amide bonds. The van der Waals surface area contributed by atoms with Crippen molar-refractivity contribution >= 4 is 81.5 Å². The molecule has 0 saturated carbocycles. The Morgan fingerprint density at radius 1 is 0.947 bits per heavy atom. The van der Waals surface area contributed by atoms with Gasteiger partial charge in [0.05, 0.1) is 6.42 Å². The van der Waals surface area contributed by atoms with Crippen molar-refractivity contribution in [2.24, 2.45) is 5.73 Å². The summed E-state index contributed by atoms with van der Waals surface area (Å²) in [5.41, 5.74) is 5.38. The lowest BCUT2D eigenvalue weighted by atomic mass is 10.2. The fourth-order valence-corrected chi connectivity index (χ4v) is 1.07. The van der Waals surface area contributed by atoms with Crippen LogP contribution in [0.25, 0.3) is 0 Å². The molecule has 19 heavy (non-hydrogen) atoms. The smallest absolute Gasteiger partial charge is 0.323 e. The first kappa shape index (κ1) is 19.6. The van der Waals surface area contributed by atoms with Gasteiger partial charge in [-0.3, -0.25) is 9.59 Å². The Morgan fingerprint density at radius 3 is 1.79 bits per heavy atom. The minimum atomic E-state index is -1.76. The van der Waals surface area contributed by atoms with Gasteiger partial charge in [-0.2, -0.15) is 0 Å². The predicted octanol–water partition coefficient (Wildman–Crippen LogP) is 2.53. The topological polar surface area (TPSA) is 78.6 Å². The highest BCUT2D eigenvalue weighted by Crippen LogP contribution is 2.27. The minimum absolute atomic E-state index is 0.459. The summed E-state index contributed by atoms with van der Waals surface area (Å²) in [6.07, 6.45) is -0.459. The molecule has 0 aliphatic heterocycles. The SMILES string of the molecule is N[C@@H](CC(=O)OCC(Cl)(Cl)Cl)C(=O)OCC(Cl)(Cl)Cl. The third-order valence-electron chi connectivity index (χ3n) is 1.46. The van der Waals surface area contributed by atoms with E-state index in [1.807, 2.05) is 0 Å². The maximum atomic E-state index is 11.3. The van der Waals surface area contributed by atoms with Crippen LogP contribution in [0.3, 0.4) is 0 Å². The predicted molar refractivity (Wildman–Crippen MR) is 75.1 cm³/mol. The first-order chi connectivity index (χ1) is 8.41. The highest BCUT2D eigenvalue weighted by Gasteiger charge is 2.27. The maximum Gasteiger partial charge on any atom is 0.323 e. The van der Waals surface area contributed by atoms with Crippen molar-refractivity contribution in [3.05, 3.63) is 0 Å². The van der Waals surface area contributed by atoms with Crippen LogP contribution in [-0.4, -0.2) is 38.8 Å². The molecular weight excluding hydrogens is 387 g/mol. The zero-order valence-corrected chi connectivity index (χ0v) is 13.7. The molecule has 0 aliphatic carbocycles. The third kappa shape index (κ3) is 12.1. The highest BCUT2D eigenvalue weighted by molar-refractivity contribution is 6.68. The number of alkyl halides is 6. The lowest BCUT2D eigenvalue weighted by Crippen LogP contribution is -2.37. The fourth-order valence-electron chi connectivity index (χ4n) is 0.744. The van der Waals surface area contributed by atoms with E-state index in [1.54, 1.807) is 0 Å². The van der Waals surface area contributed by atoms with Gasteiger partial charge < -0.3 is 15.2 Å². The monoisotopic (exact) mass is 393 g/mol. The summed E-state index contributed by atoms with van der Waals surface area (Å²) in [6.45, 7) is -0.959. The summed E-state index contributed by atoms with van der Waals surface area (Å²) in [5.74, 6) is -1.75. The van der Waals surface area contributed by atoms with Gasteiger partial charge in [-0.1, -0.05) is 69.6 Å². The molecule has 0 aliphatic rings. The number of rotatable bonds is 5.